The van der Waals surface area contributed by atoms with Gasteiger partial charge in [-0.3, -0.25) is 4.98 Å². The highest BCUT2D eigenvalue weighted by atomic mass is 16.5. The molecule has 5 nitrogen and oxygen atoms in total. The maximum absolute atomic E-state index is 10.9. The molecule has 1 heterocycles. The fraction of sp³-hybridized carbons (Fsp3) is 0.750. The van der Waals surface area contributed by atoms with Gasteiger partial charge in [-0.2, -0.15) is 5.10 Å². The monoisotopic (exact) mass is 185 g/mol. The second kappa shape index (κ2) is 3.74. The Balaban J connectivity index is 3.07. The predicted molar refractivity (Wildman–Crippen MR) is 48.5 cm³/mol. The maximum atomic E-state index is 10.9. The Kier molecular flexibility index (Phi) is 2.87. The van der Waals surface area contributed by atoms with Crippen LogP contribution in [0.2, 0.25) is 0 Å². The van der Waals surface area contributed by atoms with Gasteiger partial charge in [0.15, 0.2) is 5.82 Å². The Morgan fingerprint density at radius 2 is 2.08 bits per heavy atom. The lowest BCUT2D eigenvalue weighted by molar-refractivity contribution is -0.0289. The van der Waals surface area contributed by atoms with Crippen LogP contribution in [-0.2, 0) is 10.3 Å². The van der Waals surface area contributed by atoms with Crippen LogP contribution in [0.4, 0.5) is 0 Å². The van der Waals surface area contributed by atoms with Crippen molar-refractivity contribution in [3.05, 3.63) is 16.3 Å². The molecule has 0 radical (unpaired) electrons. The predicted octanol–water partition coefficient (Wildman–Crippen LogP) is 0.760. The highest BCUT2D eigenvalue weighted by Gasteiger charge is 2.31. The Morgan fingerprint density at radius 1 is 1.46 bits per heavy atom. The van der Waals surface area contributed by atoms with Crippen LogP contribution in [-0.4, -0.2) is 22.3 Å². The standard InChI is InChI=1S/C8H15N3O2/c1-4-8(5-2,13-3)6-9-7(12)11-10-6/h4-5H2,1-3H3,(H2,9,10,11,12). The molecule has 0 aliphatic carbocycles. The van der Waals surface area contributed by atoms with E-state index in [1.54, 1.807) is 7.11 Å². The SMILES string of the molecule is CCC(CC)(OC)c1n[nH]c(=O)[nH]1. The fourth-order valence-corrected chi connectivity index (χ4v) is 1.46. The van der Waals surface area contributed by atoms with Crippen molar-refractivity contribution in [2.24, 2.45) is 0 Å². The van der Waals surface area contributed by atoms with Gasteiger partial charge < -0.3 is 4.74 Å². The Hall–Kier alpha value is -1.10. The highest BCUT2D eigenvalue weighted by molar-refractivity contribution is 4.98. The molecule has 0 fully saturated rings. The molecule has 1 aromatic heterocycles. The molecule has 13 heavy (non-hydrogen) atoms. The van der Waals surface area contributed by atoms with Gasteiger partial charge in [0.05, 0.1) is 0 Å². The number of methoxy groups -OCH3 is 1. The minimum Gasteiger partial charge on any atom is -0.370 e. The van der Waals surface area contributed by atoms with E-state index in [0.29, 0.717) is 5.82 Å². The van der Waals surface area contributed by atoms with Crippen molar-refractivity contribution < 1.29 is 4.74 Å². The van der Waals surface area contributed by atoms with Crippen LogP contribution in [0.25, 0.3) is 0 Å². The van der Waals surface area contributed by atoms with Gasteiger partial charge >= 0.3 is 5.69 Å². The summed E-state index contributed by atoms with van der Waals surface area (Å²) in [6.45, 7) is 4.00. The molecule has 1 rings (SSSR count). The normalized spacial score (nSPS) is 11.9. The lowest BCUT2D eigenvalue weighted by atomic mass is 9.96. The molecule has 0 aliphatic heterocycles. The zero-order chi connectivity index (χ0) is 9.90. The third-order valence-electron chi connectivity index (χ3n) is 2.47. The minimum atomic E-state index is -0.459. The zero-order valence-electron chi connectivity index (χ0n) is 8.18. The average molecular weight is 185 g/mol. The van der Waals surface area contributed by atoms with Crippen molar-refractivity contribution in [1.82, 2.24) is 15.2 Å². The van der Waals surface area contributed by atoms with E-state index in [4.69, 9.17) is 4.74 Å². The van der Waals surface area contributed by atoms with Crippen LogP contribution in [0.3, 0.4) is 0 Å². The van der Waals surface area contributed by atoms with Crippen molar-refractivity contribution in [2.45, 2.75) is 32.3 Å². The second-order valence-electron chi connectivity index (χ2n) is 2.93. The first kappa shape index (κ1) is 9.98. The molecule has 74 valence electrons. The van der Waals surface area contributed by atoms with Crippen LogP contribution >= 0.6 is 0 Å². The lowest BCUT2D eigenvalue weighted by Gasteiger charge is -2.26. The molecular weight excluding hydrogens is 170 g/mol. The number of aromatic nitrogens is 3. The second-order valence-corrected chi connectivity index (χ2v) is 2.93. The first-order valence-electron chi connectivity index (χ1n) is 4.39. The molecule has 0 aromatic carbocycles. The van der Waals surface area contributed by atoms with Gasteiger partial charge in [0.2, 0.25) is 0 Å². The van der Waals surface area contributed by atoms with Gasteiger partial charge in [-0.15, -0.1) is 0 Å². The largest absolute Gasteiger partial charge is 0.370 e. The summed E-state index contributed by atoms with van der Waals surface area (Å²) in [5, 5.41) is 6.22. The zero-order valence-corrected chi connectivity index (χ0v) is 8.18. The number of nitrogens with zero attached hydrogens (tertiary/aromatic N) is 1. The summed E-state index contributed by atoms with van der Waals surface area (Å²) in [6.07, 6.45) is 1.56. The number of aromatic amines is 2. The molecule has 0 saturated carbocycles. The van der Waals surface area contributed by atoms with Gasteiger partial charge in [-0.05, 0) is 12.8 Å². The Morgan fingerprint density at radius 3 is 2.38 bits per heavy atom. The molecule has 1 aromatic rings. The molecule has 0 spiro atoms. The molecule has 0 bridgehead atoms. The quantitative estimate of drug-likeness (QED) is 0.727. The minimum absolute atomic E-state index is 0.293. The van der Waals surface area contributed by atoms with E-state index >= 15 is 0 Å². The van der Waals surface area contributed by atoms with Gasteiger partial charge in [-0.1, -0.05) is 13.8 Å². The van der Waals surface area contributed by atoms with Gasteiger partial charge in [0, 0.05) is 7.11 Å². The van der Waals surface area contributed by atoms with Crippen molar-refractivity contribution in [3.8, 4) is 0 Å². The first-order valence-corrected chi connectivity index (χ1v) is 4.39. The molecule has 2 N–H and O–H groups in total. The number of hydrogen-bond acceptors (Lipinski definition) is 3. The van der Waals surface area contributed by atoms with E-state index in [1.165, 1.54) is 0 Å². The lowest BCUT2D eigenvalue weighted by Crippen LogP contribution is -2.28. The molecule has 5 heteroatoms. The maximum Gasteiger partial charge on any atom is 0.340 e. The van der Waals surface area contributed by atoms with E-state index in [0.717, 1.165) is 12.8 Å². The summed E-state index contributed by atoms with van der Waals surface area (Å²) in [5.41, 5.74) is -0.752. The van der Waals surface area contributed by atoms with Crippen LogP contribution in [0.15, 0.2) is 4.79 Å². The summed E-state index contributed by atoms with van der Waals surface area (Å²) in [5.74, 6) is 0.574. The molecule has 0 unspecified atom stereocenters. The van der Waals surface area contributed by atoms with Gasteiger partial charge in [0.1, 0.15) is 5.60 Å². The van der Waals surface area contributed by atoms with Crippen LogP contribution in [0.1, 0.15) is 32.5 Å². The van der Waals surface area contributed by atoms with Crippen LogP contribution < -0.4 is 5.69 Å². The van der Waals surface area contributed by atoms with E-state index in [9.17, 15) is 4.79 Å². The highest BCUT2D eigenvalue weighted by Crippen LogP contribution is 2.28. The van der Waals surface area contributed by atoms with Crippen LogP contribution in [0, 0.1) is 0 Å². The number of ether oxygens (including phenoxy) is 1. The number of rotatable bonds is 4. The first-order chi connectivity index (χ1) is 6.18. The topological polar surface area (TPSA) is 70.8 Å². The molecule has 0 atom stereocenters. The number of nitrogens with one attached hydrogen (secondary N) is 2. The van der Waals surface area contributed by atoms with Gasteiger partial charge in [-0.25, -0.2) is 9.89 Å². The van der Waals surface area contributed by atoms with E-state index < -0.39 is 5.60 Å². The van der Waals surface area contributed by atoms with Crippen molar-refractivity contribution in [1.29, 1.82) is 0 Å². The summed E-state index contributed by atoms with van der Waals surface area (Å²) >= 11 is 0. The summed E-state index contributed by atoms with van der Waals surface area (Å²) < 4.78 is 5.38. The van der Waals surface area contributed by atoms with Crippen molar-refractivity contribution >= 4 is 0 Å². The summed E-state index contributed by atoms with van der Waals surface area (Å²) in [4.78, 5) is 13.5. The third kappa shape index (κ3) is 1.65. The average Bonchev–Trinajstić information content (AvgIpc) is 2.57. The van der Waals surface area contributed by atoms with Crippen LogP contribution in [0.5, 0.6) is 0 Å². The number of H-pyrrole nitrogens is 2. The Bertz CT molecular complexity index is 303. The summed E-state index contributed by atoms with van der Waals surface area (Å²) in [6, 6.07) is 0. The molecule has 0 amide bonds. The molecular formula is C8H15N3O2. The number of hydrogen-bond donors (Lipinski definition) is 2. The van der Waals surface area contributed by atoms with E-state index in [2.05, 4.69) is 15.2 Å². The Labute approximate surface area is 76.5 Å². The van der Waals surface area contributed by atoms with Gasteiger partial charge in [0.25, 0.3) is 0 Å². The fourth-order valence-electron chi connectivity index (χ4n) is 1.46. The molecule has 0 aliphatic rings. The van der Waals surface area contributed by atoms with Crippen molar-refractivity contribution in [3.63, 3.8) is 0 Å². The van der Waals surface area contributed by atoms with E-state index in [1.807, 2.05) is 13.8 Å². The smallest absolute Gasteiger partial charge is 0.340 e. The van der Waals surface area contributed by atoms with Crippen molar-refractivity contribution in [2.75, 3.05) is 7.11 Å². The summed E-state index contributed by atoms with van der Waals surface area (Å²) in [7, 11) is 1.62. The van der Waals surface area contributed by atoms with E-state index in [-0.39, 0.29) is 5.69 Å². The third-order valence-corrected chi connectivity index (χ3v) is 2.47. The molecule has 0 saturated heterocycles.